The van der Waals surface area contributed by atoms with Gasteiger partial charge in [0.1, 0.15) is 5.75 Å². The van der Waals surface area contributed by atoms with Gasteiger partial charge in [-0.05, 0) is 50.6 Å². The van der Waals surface area contributed by atoms with E-state index in [-0.39, 0.29) is 0 Å². The van der Waals surface area contributed by atoms with Crippen LogP contribution in [0.5, 0.6) is 5.75 Å². The molecule has 0 saturated heterocycles. The van der Waals surface area contributed by atoms with Gasteiger partial charge in [0, 0.05) is 11.6 Å². The molecule has 0 heterocycles. The number of benzene rings is 1. The van der Waals surface area contributed by atoms with Crippen LogP contribution in [0.25, 0.3) is 0 Å². The van der Waals surface area contributed by atoms with Crippen molar-refractivity contribution in [1.82, 2.24) is 5.32 Å². The first-order valence-corrected chi connectivity index (χ1v) is 8.73. The molecule has 3 unspecified atom stereocenters. The molecule has 0 bridgehead atoms. The summed E-state index contributed by atoms with van der Waals surface area (Å²) in [5.74, 6) is 1.89. The average Bonchev–Trinajstić information content (AvgIpc) is 2.49. The van der Waals surface area contributed by atoms with Crippen molar-refractivity contribution in [3.05, 3.63) is 29.8 Å². The van der Waals surface area contributed by atoms with E-state index in [9.17, 15) is 0 Å². The highest BCUT2D eigenvalue weighted by Crippen LogP contribution is 2.32. The summed E-state index contributed by atoms with van der Waals surface area (Å²) in [5.41, 5.74) is 1.33. The van der Waals surface area contributed by atoms with Gasteiger partial charge in [0.25, 0.3) is 0 Å². The minimum atomic E-state index is 0.401. The molecule has 0 amide bonds. The van der Waals surface area contributed by atoms with Crippen LogP contribution in [0, 0.1) is 5.92 Å². The van der Waals surface area contributed by atoms with Gasteiger partial charge < -0.3 is 10.1 Å². The maximum Gasteiger partial charge on any atom is 0.124 e. The van der Waals surface area contributed by atoms with E-state index in [2.05, 4.69) is 50.4 Å². The first-order chi connectivity index (χ1) is 10.2. The van der Waals surface area contributed by atoms with Gasteiger partial charge in [-0.1, -0.05) is 45.4 Å². The zero-order valence-electron chi connectivity index (χ0n) is 13.9. The summed E-state index contributed by atoms with van der Waals surface area (Å²) in [6, 6.07) is 8.99. The van der Waals surface area contributed by atoms with Gasteiger partial charge in [0.2, 0.25) is 0 Å². The predicted octanol–water partition coefficient (Wildman–Crippen LogP) is 5.09. The van der Waals surface area contributed by atoms with Crippen LogP contribution in [0.4, 0.5) is 0 Å². The lowest BCUT2D eigenvalue weighted by molar-refractivity contribution is 0.127. The first-order valence-electron chi connectivity index (χ1n) is 8.73. The average molecular weight is 289 g/mol. The molecule has 118 valence electrons. The second-order valence-corrected chi connectivity index (χ2v) is 6.46. The van der Waals surface area contributed by atoms with Gasteiger partial charge in [-0.3, -0.25) is 0 Å². The Hall–Kier alpha value is -1.02. The third-order valence-corrected chi connectivity index (χ3v) is 4.53. The van der Waals surface area contributed by atoms with Crippen LogP contribution < -0.4 is 10.1 Å². The van der Waals surface area contributed by atoms with E-state index in [1.54, 1.807) is 0 Å². The van der Waals surface area contributed by atoms with E-state index in [0.717, 1.165) is 24.6 Å². The molecule has 2 nitrogen and oxygen atoms in total. The van der Waals surface area contributed by atoms with Crippen LogP contribution in [-0.2, 0) is 0 Å². The highest BCUT2D eigenvalue weighted by molar-refractivity contribution is 5.36. The number of para-hydroxylation sites is 1. The molecule has 1 aliphatic rings. The van der Waals surface area contributed by atoms with E-state index < -0.39 is 0 Å². The maximum atomic E-state index is 6.38. The molecule has 1 saturated carbocycles. The Kier molecular flexibility index (Phi) is 6.56. The Bertz CT molecular complexity index is 418. The molecule has 2 rings (SSSR count). The van der Waals surface area contributed by atoms with Crippen molar-refractivity contribution in [2.75, 3.05) is 6.54 Å². The van der Waals surface area contributed by atoms with Crippen molar-refractivity contribution >= 4 is 0 Å². The van der Waals surface area contributed by atoms with Crippen LogP contribution in [0.1, 0.15) is 70.9 Å². The molecule has 0 spiro atoms. The summed E-state index contributed by atoms with van der Waals surface area (Å²) in [6.07, 6.45) is 7.74. The summed E-state index contributed by atoms with van der Waals surface area (Å²) >= 11 is 0. The monoisotopic (exact) mass is 289 g/mol. The molecule has 2 heteroatoms. The van der Waals surface area contributed by atoms with E-state index in [1.165, 1.54) is 37.7 Å². The fourth-order valence-electron chi connectivity index (χ4n) is 3.33. The topological polar surface area (TPSA) is 21.3 Å². The first kappa shape index (κ1) is 16.4. The maximum absolute atomic E-state index is 6.38. The Labute approximate surface area is 130 Å². The highest BCUT2D eigenvalue weighted by atomic mass is 16.5. The van der Waals surface area contributed by atoms with Crippen LogP contribution >= 0.6 is 0 Å². The Morgan fingerprint density at radius 2 is 2.05 bits per heavy atom. The molecule has 0 aliphatic heterocycles. The van der Waals surface area contributed by atoms with Gasteiger partial charge in [0.05, 0.1) is 6.10 Å². The largest absolute Gasteiger partial charge is 0.490 e. The third-order valence-electron chi connectivity index (χ3n) is 4.53. The third kappa shape index (κ3) is 4.74. The van der Waals surface area contributed by atoms with Gasteiger partial charge in [-0.25, -0.2) is 0 Å². The number of rotatable bonds is 7. The summed E-state index contributed by atoms with van der Waals surface area (Å²) in [5, 5.41) is 3.64. The van der Waals surface area contributed by atoms with Crippen molar-refractivity contribution in [3.8, 4) is 5.75 Å². The molecule has 1 aromatic carbocycles. The second-order valence-electron chi connectivity index (χ2n) is 6.46. The Morgan fingerprint density at radius 3 is 2.76 bits per heavy atom. The molecule has 1 fully saturated rings. The van der Waals surface area contributed by atoms with Crippen LogP contribution in [0.2, 0.25) is 0 Å². The normalized spacial score (nSPS) is 23.8. The summed E-state index contributed by atoms with van der Waals surface area (Å²) in [6.45, 7) is 7.87. The summed E-state index contributed by atoms with van der Waals surface area (Å²) in [4.78, 5) is 0. The van der Waals surface area contributed by atoms with Gasteiger partial charge in [-0.15, -0.1) is 0 Å². The SMILES string of the molecule is CCCNC(CC)c1ccccc1OC1CCCC(C)C1. The predicted molar refractivity (Wildman–Crippen MR) is 89.8 cm³/mol. The molecule has 21 heavy (non-hydrogen) atoms. The van der Waals surface area contributed by atoms with Crippen molar-refractivity contribution in [3.63, 3.8) is 0 Å². The quantitative estimate of drug-likeness (QED) is 0.754. The summed E-state index contributed by atoms with van der Waals surface area (Å²) < 4.78 is 6.38. The van der Waals surface area contributed by atoms with Gasteiger partial charge in [-0.2, -0.15) is 0 Å². The van der Waals surface area contributed by atoms with Crippen molar-refractivity contribution in [2.45, 2.75) is 71.4 Å². The minimum Gasteiger partial charge on any atom is -0.490 e. The molecule has 0 aromatic heterocycles. The van der Waals surface area contributed by atoms with E-state index in [4.69, 9.17) is 4.74 Å². The molecule has 1 N–H and O–H groups in total. The van der Waals surface area contributed by atoms with Crippen molar-refractivity contribution in [2.24, 2.45) is 5.92 Å². The molecular weight excluding hydrogens is 258 g/mol. The Balaban J connectivity index is 2.08. The minimum absolute atomic E-state index is 0.401. The number of hydrogen-bond donors (Lipinski definition) is 1. The number of nitrogens with one attached hydrogen (secondary N) is 1. The summed E-state index contributed by atoms with van der Waals surface area (Å²) in [7, 11) is 0. The van der Waals surface area contributed by atoms with Gasteiger partial charge in [0.15, 0.2) is 0 Å². The highest BCUT2D eigenvalue weighted by Gasteiger charge is 2.22. The lowest BCUT2D eigenvalue weighted by atomic mass is 9.88. The lowest BCUT2D eigenvalue weighted by Gasteiger charge is -2.29. The smallest absolute Gasteiger partial charge is 0.124 e. The van der Waals surface area contributed by atoms with Gasteiger partial charge >= 0.3 is 0 Å². The standard InChI is InChI=1S/C19H31NO/c1-4-13-20-18(5-2)17-11-6-7-12-19(17)21-16-10-8-9-15(3)14-16/h6-7,11-12,15-16,18,20H,4-5,8-10,13-14H2,1-3H3. The molecule has 1 aromatic rings. The van der Waals surface area contributed by atoms with Crippen LogP contribution in [0.3, 0.4) is 0 Å². The Morgan fingerprint density at radius 1 is 1.24 bits per heavy atom. The zero-order valence-corrected chi connectivity index (χ0v) is 13.9. The van der Waals surface area contributed by atoms with Crippen molar-refractivity contribution < 1.29 is 4.74 Å². The van der Waals surface area contributed by atoms with E-state index >= 15 is 0 Å². The zero-order chi connectivity index (χ0) is 15.1. The fraction of sp³-hybridized carbons (Fsp3) is 0.684. The lowest BCUT2D eigenvalue weighted by Crippen LogP contribution is -2.26. The van der Waals surface area contributed by atoms with Crippen LogP contribution in [0.15, 0.2) is 24.3 Å². The second kappa shape index (κ2) is 8.43. The molecule has 0 radical (unpaired) electrons. The van der Waals surface area contributed by atoms with Crippen LogP contribution in [-0.4, -0.2) is 12.6 Å². The number of ether oxygens (including phenoxy) is 1. The van der Waals surface area contributed by atoms with E-state index in [1.807, 2.05) is 0 Å². The molecule has 1 aliphatic carbocycles. The molecular formula is C19H31NO. The fourth-order valence-corrected chi connectivity index (χ4v) is 3.33. The molecule has 3 atom stereocenters. The number of hydrogen-bond acceptors (Lipinski definition) is 2. The van der Waals surface area contributed by atoms with E-state index in [0.29, 0.717) is 12.1 Å². The van der Waals surface area contributed by atoms with Crippen molar-refractivity contribution in [1.29, 1.82) is 0 Å².